The number of halogens is 1. The maximum absolute atomic E-state index is 6.18. The van der Waals surface area contributed by atoms with E-state index < -0.39 is 0 Å². The molecule has 18 heavy (non-hydrogen) atoms. The van der Waals surface area contributed by atoms with Gasteiger partial charge in [0.05, 0.1) is 30.6 Å². The van der Waals surface area contributed by atoms with Gasteiger partial charge in [-0.05, 0) is 33.6 Å². The molecule has 0 aromatic carbocycles. The molecule has 102 valence electrons. The maximum Gasteiger partial charge on any atom is 0.132 e. The predicted molar refractivity (Wildman–Crippen MR) is 70.8 cm³/mol. The molecule has 2 unspecified atom stereocenters. The second-order valence-electron chi connectivity index (χ2n) is 5.14. The summed E-state index contributed by atoms with van der Waals surface area (Å²) in [5.74, 6) is 0. The van der Waals surface area contributed by atoms with Crippen LogP contribution in [0.3, 0.4) is 0 Å². The zero-order valence-corrected chi connectivity index (χ0v) is 12.2. The molecule has 1 fully saturated rings. The summed E-state index contributed by atoms with van der Waals surface area (Å²) in [7, 11) is 1.84. The molecule has 0 spiro atoms. The van der Waals surface area contributed by atoms with E-state index in [2.05, 4.69) is 18.9 Å². The van der Waals surface area contributed by atoms with Gasteiger partial charge >= 0.3 is 0 Å². The first-order valence-electron chi connectivity index (χ1n) is 6.42. The van der Waals surface area contributed by atoms with E-state index in [0.29, 0.717) is 11.8 Å². The van der Waals surface area contributed by atoms with Crippen LogP contribution in [0.4, 0.5) is 0 Å². The standard InChI is InChI=1S/C13H21ClN2O2/c1-8-5-11(6-9(2)18-8)17-7-12-10(3)15-16(4)13(12)14/h8-9,11H,5-7H2,1-4H3. The SMILES string of the molecule is Cc1nn(C)c(Cl)c1COC1CC(C)OC(C)C1. The van der Waals surface area contributed by atoms with E-state index in [1.54, 1.807) is 4.68 Å². The monoisotopic (exact) mass is 272 g/mol. The Morgan fingerprint density at radius 1 is 1.39 bits per heavy atom. The fourth-order valence-corrected chi connectivity index (χ4v) is 2.75. The third kappa shape index (κ3) is 3.05. The van der Waals surface area contributed by atoms with Crippen molar-refractivity contribution in [3.63, 3.8) is 0 Å². The molecule has 1 aliphatic rings. The number of hydrogen-bond donors (Lipinski definition) is 0. The Kier molecular flexibility index (Phi) is 4.30. The van der Waals surface area contributed by atoms with Gasteiger partial charge < -0.3 is 9.47 Å². The van der Waals surface area contributed by atoms with Gasteiger partial charge in [0.1, 0.15) is 5.15 Å². The highest BCUT2D eigenvalue weighted by Crippen LogP contribution is 2.25. The molecule has 1 aliphatic heterocycles. The topological polar surface area (TPSA) is 36.3 Å². The lowest BCUT2D eigenvalue weighted by atomic mass is 10.0. The Morgan fingerprint density at radius 2 is 2.00 bits per heavy atom. The van der Waals surface area contributed by atoms with Crippen molar-refractivity contribution in [2.24, 2.45) is 7.05 Å². The van der Waals surface area contributed by atoms with Crippen molar-refractivity contribution >= 4 is 11.6 Å². The lowest BCUT2D eigenvalue weighted by Crippen LogP contribution is -2.34. The third-order valence-electron chi connectivity index (χ3n) is 3.39. The Hall–Kier alpha value is -0.580. The number of ether oxygens (including phenoxy) is 2. The lowest BCUT2D eigenvalue weighted by molar-refractivity contribution is -0.106. The van der Waals surface area contributed by atoms with Gasteiger partial charge in [-0.15, -0.1) is 0 Å². The average molecular weight is 273 g/mol. The van der Waals surface area contributed by atoms with Crippen LogP contribution < -0.4 is 0 Å². The first-order chi connectivity index (χ1) is 8.47. The molecule has 4 nitrogen and oxygen atoms in total. The van der Waals surface area contributed by atoms with Crippen molar-refractivity contribution in [3.8, 4) is 0 Å². The molecule has 0 bridgehead atoms. The zero-order valence-electron chi connectivity index (χ0n) is 11.4. The third-order valence-corrected chi connectivity index (χ3v) is 3.86. The Balaban J connectivity index is 1.95. The predicted octanol–water partition coefficient (Wildman–Crippen LogP) is 2.85. The van der Waals surface area contributed by atoms with E-state index in [1.807, 2.05) is 14.0 Å². The molecule has 2 heterocycles. The fourth-order valence-electron chi connectivity index (χ4n) is 2.52. The van der Waals surface area contributed by atoms with E-state index in [-0.39, 0.29) is 18.3 Å². The van der Waals surface area contributed by atoms with Crippen molar-refractivity contribution in [2.75, 3.05) is 0 Å². The van der Waals surface area contributed by atoms with Crippen LogP contribution in [-0.2, 0) is 23.1 Å². The Bertz CT molecular complexity index is 409. The summed E-state index contributed by atoms with van der Waals surface area (Å²) in [4.78, 5) is 0. The van der Waals surface area contributed by atoms with Crippen molar-refractivity contribution in [1.82, 2.24) is 9.78 Å². The van der Waals surface area contributed by atoms with Crippen LogP contribution in [0.5, 0.6) is 0 Å². The van der Waals surface area contributed by atoms with Gasteiger partial charge in [-0.1, -0.05) is 11.6 Å². The summed E-state index contributed by atoms with van der Waals surface area (Å²) in [6, 6.07) is 0. The maximum atomic E-state index is 6.18. The van der Waals surface area contributed by atoms with Crippen LogP contribution in [0.2, 0.25) is 5.15 Å². The van der Waals surface area contributed by atoms with E-state index in [0.717, 1.165) is 24.1 Å². The number of hydrogen-bond acceptors (Lipinski definition) is 3. The molecule has 0 aliphatic carbocycles. The quantitative estimate of drug-likeness (QED) is 0.849. The van der Waals surface area contributed by atoms with Crippen LogP contribution in [-0.4, -0.2) is 28.1 Å². The molecule has 0 amide bonds. The van der Waals surface area contributed by atoms with Crippen LogP contribution in [0.15, 0.2) is 0 Å². The van der Waals surface area contributed by atoms with Gasteiger partial charge in [0.25, 0.3) is 0 Å². The van der Waals surface area contributed by atoms with Gasteiger partial charge in [-0.3, -0.25) is 4.68 Å². The van der Waals surface area contributed by atoms with Gasteiger partial charge in [0.2, 0.25) is 0 Å². The van der Waals surface area contributed by atoms with Gasteiger partial charge in [-0.2, -0.15) is 5.10 Å². The number of nitrogens with zero attached hydrogens (tertiary/aromatic N) is 2. The van der Waals surface area contributed by atoms with E-state index in [9.17, 15) is 0 Å². The molecule has 1 saturated heterocycles. The van der Waals surface area contributed by atoms with Crippen molar-refractivity contribution in [2.45, 2.75) is 58.5 Å². The van der Waals surface area contributed by atoms with Crippen LogP contribution in [0.25, 0.3) is 0 Å². The lowest BCUT2D eigenvalue weighted by Gasteiger charge is -2.31. The van der Waals surface area contributed by atoms with Crippen LogP contribution in [0.1, 0.15) is 37.9 Å². The molecular weight excluding hydrogens is 252 g/mol. The van der Waals surface area contributed by atoms with Crippen LogP contribution >= 0.6 is 11.6 Å². The smallest absolute Gasteiger partial charge is 0.132 e. The van der Waals surface area contributed by atoms with Gasteiger partial charge in [0, 0.05) is 12.6 Å². The zero-order chi connectivity index (χ0) is 13.3. The van der Waals surface area contributed by atoms with Crippen molar-refractivity contribution in [1.29, 1.82) is 0 Å². The minimum atomic E-state index is 0.249. The molecule has 2 rings (SSSR count). The van der Waals surface area contributed by atoms with Crippen molar-refractivity contribution < 1.29 is 9.47 Å². The summed E-state index contributed by atoms with van der Waals surface area (Å²) in [5.41, 5.74) is 1.93. The molecule has 5 heteroatoms. The fraction of sp³-hybridized carbons (Fsp3) is 0.769. The van der Waals surface area contributed by atoms with E-state index >= 15 is 0 Å². The largest absolute Gasteiger partial charge is 0.375 e. The molecule has 1 aromatic rings. The summed E-state index contributed by atoms with van der Waals surface area (Å²) in [6.45, 7) is 6.67. The molecule has 0 saturated carbocycles. The molecular formula is C13H21ClN2O2. The van der Waals surface area contributed by atoms with Crippen molar-refractivity contribution in [3.05, 3.63) is 16.4 Å². The molecule has 0 N–H and O–H groups in total. The second kappa shape index (κ2) is 5.59. The van der Waals surface area contributed by atoms with Crippen LogP contribution in [0, 0.1) is 6.92 Å². The van der Waals surface area contributed by atoms with Gasteiger partial charge in [-0.25, -0.2) is 0 Å². The number of rotatable bonds is 3. The normalized spacial score (nSPS) is 28.6. The first-order valence-corrected chi connectivity index (χ1v) is 6.80. The summed E-state index contributed by atoms with van der Waals surface area (Å²) < 4.78 is 13.3. The minimum absolute atomic E-state index is 0.249. The molecule has 1 aromatic heterocycles. The highest BCUT2D eigenvalue weighted by molar-refractivity contribution is 6.30. The van der Waals surface area contributed by atoms with E-state index in [4.69, 9.17) is 21.1 Å². The first kappa shape index (κ1) is 13.8. The summed E-state index contributed by atoms with van der Waals surface area (Å²) in [6.07, 6.45) is 2.68. The minimum Gasteiger partial charge on any atom is -0.375 e. The second-order valence-corrected chi connectivity index (χ2v) is 5.50. The highest BCUT2D eigenvalue weighted by atomic mass is 35.5. The molecule has 0 radical (unpaired) electrons. The average Bonchev–Trinajstić information content (AvgIpc) is 2.50. The summed E-state index contributed by atoms with van der Waals surface area (Å²) in [5, 5.41) is 4.95. The number of aryl methyl sites for hydroxylation is 2. The Labute approximate surface area is 113 Å². The van der Waals surface area contributed by atoms with E-state index in [1.165, 1.54) is 0 Å². The molecule has 2 atom stereocenters. The summed E-state index contributed by atoms with van der Waals surface area (Å²) >= 11 is 6.18. The Morgan fingerprint density at radius 3 is 2.50 bits per heavy atom. The van der Waals surface area contributed by atoms with Gasteiger partial charge in [0.15, 0.2) is 0 Å². The number of aromatic nitrogens is 2. The highest BCUT2D eigenvalue weighted by Gasteiger charge is 2.25.